The smallest absolute Gasteiger partial charge is 0.164 e. The third-order valence-electron chi connectivity index (χ3n) is 11.8. The molecule has 0 radical (unpaired) electrons. The summed E-state index contributed by atoms with van der Waals surface area (Å²) in [6, 6.07) is 77.7. The molecule has 62 heavy (non-hydrogen) atoms. The lowest BCUT2D eigenvalue weighted by Crippen LogP contribution is -2.00. The summed E-state index contributed by atoms with van der Waals surface area (Å²) >= 11 is 1.86. The zero-order chi connectivity index (χ0) is 41.0. The highest BCUT2D eigenvalue weighted by molar-refractivity contribution is 7.26. The predicted molar refractivity (Wildman–Crippen MR) is 260 cm³/mol. The third-order valence-corrected chi connectivity index (χ3v) is 12.9. The van der Waals surface area contributed by atoms with Crippen LogP contribution in [0.5, 0.6) is 0 Å². The Kier molecular flexibility index (Phi) is 8.65. The molecule has 5 heteroatoms. The topological polar surface area (TPSA) is 43.6 Å². The van der Waals surface area contributed by atoms with E-state index in [2.05, 4.69) is 187 Å². The van der Waals surface area contributed by atoms with Gasteiger partial charge in [-0.1, -0.05) is 164 Å². The Morgan fingerprint density at radius 3 is 1.34 bits per heavy atom. The molecule has 12 rings (SSSR count). The summed E-state index contributed by atoms with van der Waals surface area (Å²) < 4.78 is 5.07. The number of para-hydroxylation sites is 1. The molecule has 0 aliphatic carbocycles. The summed E-state index contributed by atoms with van der Waals surface area (Å²) in [6.07, 6.45) is 0. The van der Waals surface area contributed by atoms with Gasteiger partial charge in [-0.3, -0.25) is 0 Å². The van der Waals surface area contributed by atoms with Crippen LogP contribution >= 0.6 is 11.3 Å². The number of hydrogen-bond acceptors (Lipinski definition) is 4. The van der Waals surface area contributed by atoms with Gasteiger partial charge >= 0.3 is 0 Å². The minimum absolute atomic E-state index is 0.616. The molecular weight excluding hydrogens is 773 g/mol. The monoisotopic (exact) mass is 808 g/mol. The Bertz CT molecular complexity index is 3560. The molecule has 0 spiro atoms. The first-order valence-electron chi connectivity index (χ1n) is 20.8. The molecule has 0 saturated heterocycles. The van der Waals surface area contributed by atoms with Crippen LogP contribution in [0.15, 0.2) is 218 Å². The van der Waals surface area contributed by atoms with E-state index in [9.17, 15) is 0 Å². The predicted octanol–water partition coefficient (Wildman–Crippen LogP) is 15.3. The third kappa shape index (κ3) is 6.26. The van der Waals surface area contributed by atoms with Crippen LogP contribution in [-0.2, 0) is 0 Å². The maximum absolute atomic E-state index is 5.18. The van der Waals surface area contributed by atoms with Gasteiger partial charge in [0.25, 0.3) is 0 Å². The van der Waals surface area contributed by atoms with E-state index in [0.29, 0.717) is 17.5 Å². The Hall–Kier alpha value is -7.99. The fourth-order valence-electron chi connectivity index (χ4n) is 8.90. The second kappa shape index (κ2) is 14.9. The van der Waals surface area contributed by atoms with Crippen molar-refractivity contribution in [3.8, 4) is 73.2 Å². The standard InChI is InChI=1S/C57H36N4S/c1-5-17-37(18-6-1)41-31-42(34-45(33-41)57-59-55(39-21-9-3-10-22-39)58-56(60-57)40-23-11-4-12-24-40)44-32-43(38-19-7-2-8-20-38)35-46(36-44)61-50-27-15-13-25-47(50)48-29-30-52-53(54(48)61)49-26-14-16-28-51(49)62-52/h1-36H. The molecule has 12 aromatic rings. The van der Waals surface area contributed by atoms with Gasteiger partial charge in [0.05, 0.1) is 11.0 Å². The van der Waals surface area contributed by atoms with Crippen LogP contribution in [-0.4, -0.2) is 19.5 Å². The maximum Gasteiger partial charge on any atom is 0.164 e. The summed E-state index contributed by atoms with van der Waals surface area (Å²) in [5.41, 5.74) is 12.9. The molecule has 0 saturated carbocycles. The van der Waals surface area contributed by atoms with E-state index in [1.165, 1.54) is 42.0 Å². The Morgan fingerprint density at radius 2 is 0.742 bits per heavy atom. The van der Waals surface area contributed by atoms with E-state index in [-0.39, 0.29) is 0 Å². The summed E-state index contributed by atoms with van der Waals surface area (Å²) in [5.74, 6) is 1.88. The molecule has 290 valence electrons. The summed E-state index contributed by atoms with van der Waals surface area (Å²) in [4.78, 5) is 15.4. The first-order valence-corrected chi connectivity index (χ1v) is 21.7. The number of fused-ring (bicyclic) bond motifs is 7. The molecule has 0 N–H and O–H groups in total. The highest BCUT2D eigenvalue weighted by Gasteiger charge is 2.20. The van der Waals surface area contributed by atoms with Crippen molar-refractivity contribution >= 4 is 53.3 Å². The summed E-state index contributed by atoms with van der Waals surface area (Å²) in [7, 11) is 0. The minimum atomic E-state index is 0.616. The number of aromatic nitrogens is 4. The van der Waals surface area contributed by atoms with E-state index < -0.39 is 0 Å². The molecule has 3 heterocycles. The van der Waals surface area contributed by atoms with Crippen LogP contribution < -0.4 is 0 Å². The van der Waals surface area contributed by atoms with Crippen LogP contribution in [0.2, 0.25) is 0 Å². The molecule has 9 aromatic carbocycles. The highest BCUT2D eigenvalue weighted by Crippen LogP contribution is 2.44. The summed E-state index contributed by atoms with van der Waals surface area (Å²) in [5, 5.41) is 5.05. The van der Waals surface area contributed by atoms with Gasteiger partial charge in [-0.25, -0.2) is 15.0 Å². The number of nitrogens with zero attached hydrogens (tertiary/aromatic N) is 4. The van der Waals surface area contributed by atoms with Crippen molar-refractivity contribution in [1.82, 2.24) is 19.5 Å². The number of thiophene rings is 1. The van der Waals surface area contributed by atoms with Crippen LogP contribution in [0.25, 0.3) is 115 Å². The quantitative estimate of drug-likeness (QED) is 0.161. The lowest BCUT2D eigenvalue weighted by atomic mass is 9.93. The van der Waals surface area contributed by atoms with Crippen LogP contribution in [0.4, 0.5) is 0 Å². The van der Waals surface area contributed by atoms with Gasteiger partial charge in [0, 0.05) is 53.3 Å². The Morgan fingerprint density at radius 1 is 0.306 bits per heavy atom. The van der Waals surface area contributed by atoms with E-state index in [1.807, 2.05) is 47.7 Å². The van der Waals surface area contributed by atoms with Crippen molar-refractivity contribution in [3.05, 3.63) is 218 Å². The second-order valence-corrected chi connectivity index (χ2v) is 16.7. The second-order valence-electron chi connectivity index (χ2n) is 15.6. The molecule has 0 fully saturated rings. The maximum atomic E-state index is 5.18. The largest absolute Gasteiger partial charge is 0.309 e. The van der Waals surface area contributed by atoms with E-state index in [4.69, 9.17) is 15.0 Å². The van der Waals surface area contributed by atoms with E-state index >= 15 is 0 Å². The average Bonchev–Trinajstić information content (AvgIpc) is 3.91. The number of rotatable bonds is 7. The highest BCUT2D eigenvalue weighted by atomic mass is 32.1. The summed E-state index contributed by atoms with van der Waals surface area (Å²) in [6.45, 7) is 0. The Balaban J connectivity index is 1.14. The van der Waals surface area contributed by atoms with Crippen molar-refractivity contribution in [1.29, 1.82) is 0 Å². The molecule has 0 aliphatic heterocycles. The fourth-order valence-corrected chi connectivity index (χ4v) is 10.0. The van der Waals surface area contributed by atoms with Crippen LogP contribution in [0.1, 0.15) is 0 Å². The van der Waals surface area contributed by atoms with Crippen LogP contribution in [0.3, 0.4) is 0 Å². The van der Waals surface area contributed by atoms with Gasteiger partial charge < -0.3 is 4.57 Å². The normalized spacial score (nSPS) is 11.5. The van der Waals surface area contributed by atoms with E-state index in [0.717, 1.165) is 55.8 Å². The fraction of sp³-hybridized carbons (Fsp3) is 0. The van der Waals surface area contributed by atoms with Gasteiger partial charge in [-0.05, 0) is 88.0 Å². The lowest BCUT2D eigenvalue weighted by Gasteiger charge is -2.16. The van der Waals surface area contributed by atoms with Crippen molar-refractivity contribution in [3.63, 3.8) is 0 Å². The SMILES string of the molecule is c1ccc(-c2cc(-c3cc(-c4ccccc4)cc(-n4c5ccccc5c5ccc6sc7ccccc7c6c54)c3)cc(-c3nc(-c4ccccc4)nc(-c4ccccc4)n3)c2)cc1. The van der Waals surface area contributed by atoms with Crippen molar-refractivity contribution in [2.24, 2.45) is 0 Å². The zero-order valence-electron chi connectivity index (χ0n) is 33.5. The molecule has 0 unspecified atom stereocenters. The molecule has 0 amide bonds. The first kappa shape index (κ1) is 35.9. The first-order chi connectivity index (χ1) is 30.7. The zero-order valence-corrected chi connectivity index (χ0v) is 34.3. The van der Waals surface area contributed by atoms with Crippen molar-refractivity contribution in [2.45, 2.75) is 0 Å². The lowest BCUT2D eigenvalue weighted by molar-refractivity contribution is 1.07. The van der Waals surface area contributed by atoms with Gasteiger partial charge in [0.2, 0.25) is 0 Å². The molecular formula is C57H36N4S. The van der Waals surface area contributed by atoms with Gasteiger partial charge in [-0.2, -0.15) is 0 Å². The number of benzene rings is 9. The van der Waals surface area contributed by atoms with Crippen molar-refractivity contribution < 1.29 is 0 Å². The van der Waals surface area contributed by atoms with Crippen molar-refractivity contribution in [2.75, 3.05) is 0 Å². The molecule has 4 nitrogen and oxygen atoms in total. The van der Waals surface area contributed by atoms with Gasteiger partial charge in [0.15, 0.2) is 17.5 Å². The molecule has 0 bridgehead atoms. The van der Waals surface area contributed by atoms with Crippen LogP contribution in [0, 0.1) is 0 Å². The number of hydrogen-bond donors (Lipinski definition) is 0. The van der Waals surface area contributed by atoms with Gasteiger partial charge in [0.1, 0.15) is 0 Å². The van der Waals surface area contributed by atoms with E-state index in [1.54, 1.807) is 0 Å². The average molecular weight is 809 g/mol. The van der Waals surface area contributed by atoms with Gasteiger partial charge in [-0.15, -0.1) is 11.3 Å². The molecule has 0 atom stereocenters. The molecule has 3 aromatic heterocycles. The Labute approximate surface area is 362 Å². The minimum Gasteiger partial charge on any atom is -0.309 e. The molecule has 0 aliphatic rings.